The van der Waals surface area contributed by atoms with Gasteiger partial charge in [-0.1, -0.05) is 64.7 Å². The number of hydrogen-bond acceptors (Lipinski definition) is 1. The second kappa shape index (κ2) is 9.97. The van der Waals surface area contributed by atoms with E-state index in [0.29, 0.717) is 5.56 Å². The SMILES string of the molecule is Cc1ccc2c(c1)c1cc(C)ccc1n2-c1cc(-c2cc3ccccc3[nH]2)cc(-n2c3ccc(C)cc3c3cc(C)ccc32)c1C#N. The number of H-pyrrole nitrogens is 1. The highest BCUT2D eigenvalue weighted by Gasteiger charge is 2.23. The fourth-order valence-corrected chi connectivity index (χ4v) is 7.48. The van der Waals surface area contributed by atoms with Gasteiger partial charge in [-0.3, -0.25) is 0 Å². The molecule has 0 aliphatic carbocycles. The maximum absolute atomic E-state index is 11.2. The minimum Gasteiger partial charge on any atom is -0.355 e. The van der Waals surface area contributed by atoms with Crippen molar-refractivity contribution in [2.75, 3.05) is 0 Å². The maximum Gasteiger partial charge on any atom is 0.104 e. The third-order valence-corrected chi connectivity index (χ3v) is 9.68. The first-order valence-corrected chi connectivity index (χ1v) is 16.1. The Bertz CT molecular complexity index is 2500. The molecule has 6 aromatic carbocycles. The molecule has 0 aliphatic rings. The number of nitrogens with one attached hydrogen (secondary N) is 1. The summed E-state index contributed by atoms with van der Waals surface area (Å²) in [6, 6.07) is 44.2. The molecule has 9 rings (SSSR count). The first-order chi connectivity index (χ1) is 22.9. The van der Waals surface area contributed by atoms with Crippen LogP contribution in [0, 0.1) is 39.0 Å². The van der Waals surface area contributed by atoms with Crippen LogP contribution in [0.15, 0.2) is 115 Å². The molecule has 224 valence electrons. The Hall–Kier alpha value is -6.05. The van der Waals surface area contributed by atoms with Gasteiger partial charge in [0.15, 0.2) is 0 Å². The lowest BCUT2D eigenvalue weighted by molar-refractivity contribution is 1.12. The van der Waals surface area contributed by atoms with Crippen LogP contribution in [-0.2, 0) is 0 Å². The summed E-state index contributed by atoms with van der Waals surface area (Å²) in [4.78, 5) is 3.67. The van der Waals surface area contributed by atoms with Gasteiger partial charge in [0.1, 0.15) is 11.6 Å². The van der Waals surface area contributed by atoms with Gasteiger partial charge >= 0.3 is 0 Å². The van der Waals surface area contributed by atoms with Gasteiger partial charge in [0.25, 0.3) is 0 Å². The molecule has 0 saturated heterocycles. The van der Waals surface area contributed by atoms with Gasteiger partial charge in [0, 0.05) is 43.7 Å². The van der Waals surface area contributed by atoms with Gasteiger partial charge in [-0.2, -0.15) is 5.26 Å². The molecule has 47 heavy (non-hydrogen) atoms. The standard InChI is InChI=1S/C43H32N4/c1-25-9-13-38-31(17-25)32-18-26(2)10-14-39(32)46(38)42-22-30(37-21-29-7-5-6-8-36(29)45-37)23-43(35(42)24-44)47-40-15-11-27(3)19-33(40)34-20-28(4)12-16-41(34)47/h5-23,45H,1-4H3. The van der Waals surface area contributed by atoms with Crippen molar-refractivity contribution >= 4 is 54.5 Å². The highest BCUT2D eigenvalue weighted by molar-refractivity contribution is 6.11. The molecule has 3 aromatic heterocycles. The molecular weight excluding hydrogens is 573 g/mol. The molecule has 0 bridgehead atoms. The van der Waals surface area contributed by atoms with Crippen molar-refractivity contribution in [3.63, 3.8) is 0 Å². The molecule has 4 heteroatoms. The van der Waals surface area contributed by atoms with E-state index in [1.54, 1.807) is 0 Å². The number of hydrogen-bond donors (Lipinski definition) is 1. The van der Waals surface area contributed by atoms with E-state index in [-0.39, 0.29) is 0 Å². The number of benzene rings is 6. The zero-order valence-electron chi connectivity index (χ0n) is 26.8. The third-order valence-electron chi connectivity index (χ3n) is 9.68. The quantitative estimate of drug-likeness (QED) is 0.214. The summed E-state index contributed by atoms with van der Waals surface area (Å²) < 4.78 is 4.58. The molecule has 3 heterocycles. The zero-order valence-corrected chi connectivity index (χ0v) is 26.8. The molecule has 4 nitrogen and oxygen atoms in total. The second-order valence-corrected chi connectivity index (χ2v) is 13.0. The van der Waals surface area contributed by atoms with Crippen molar-refractivity contribution in [1.82, 2.24) is 14.1 Å². The van der Waals surface area contributed by atoms with Gasteiger partial charge in [0.05, 0.1) is 33.4 Å². The molecule has 0 spiro atoms. The smallest absolute Gasteiger partial charge is 0.104 e. The van der Waals surface area contributed by atoms with Crippen LogP contribution >= 0.6 is 0 Å². The van der Waals surface area contributed by atoms with Gasteiger partial charge in [-0.25, -0.2) is 0 Å². The fraction of sp³-hybridized carbons (Fsp3) is 0.0930. The summed E-state index contributed by atoms with van der Waals surface area (Å²) in [7, 11) is 0. The summed E-state index contributed by atoms with van der Waals surface area (Å²) in [5.74, 6) is 0. The summed E-state index contributed by atoms with van der Waals surface area (Å²) in [6.45, 7) is 8.55. The number of rotatable bonds is 3. The lowest BCUT2D eigenvalue weighted by atomic mass is 10.0. The lowest BCUT2D eigenvalue weighted by Gasteiger charge is -2.18. The predicted octanol–water partition coefficient (Wildman–Crippen LogP) is 11.1. The van der Waals surface area contributed by atoms with E-state index < -0.39 is 0 Å². The Morgan fingerprint density at radius 1 is 0.511 bits per heavy atom. The molecule has 0 radical (unpaired) electrons. The topological polar surface area (TPSA) is 49.4 Å². The minimum absolute atomic E-state index is 0.629. The average molecular weight is 605 g/mol. The first-order valence-electron chi connectivity index (χ1n) is 16.1. The van der Waals surface area contributed by atoms with E-state index in [9.17, 15) is 5.26 Å². The normalized spacial score (nSPS) is 11.8. The number of aryl methyl sites for hydroxylation is 4. The fourth-order valence-electron chi connectivity index (χ4n) is 7.48. The van der Waals surface area contributed by atoms with Crippen LogP contribution in [-0.4, -0.2) is 14.1 Å². The van der Waals surface area contributed by atoms with Crippen molar-refractivity contribution in [2.45, 2.75) is 27.7 Å². The second-order valence-electron chi connectivity index (χ2n) is 13.0. The Balaban J connectivity index is 1.47. The first kappa shape index (κ1) is 27.3. The van der Waals surface area contributed by atoms with Gasteiger partial charge in [-0.15, -0.1) is 0 Å². The van der Waals surface area contributed by atoms with Crippen molar-refractivity contribution in [3.05, 3.63) is 143 Å². The van der Waals surface area contributed by atoms with Crippen molar-refractivity contribution in [1.29, 1.82) is 5.26 Å². The van der Waals surface area contributed by atoms with Crippen LogP contribution in [0.25, 0.3) is 77.1 Å². The number of fused-ring (bicyclic) bond motifs is 7. The predicted molar refractivity (Wildman–Crippen MR) is 196 cm³/mol. The number of nitrogens with zero attached hydrogens (tertiary/aromatic N) is 3. The van der Waals surface area contributed by atoms with Crippen molar-refractivity contribution < 1.29 is 0 Å². The van der Waals surface area contributed by atoms with E-state index in [4.69, 9.17) is 0 Å². The van der Waals surface area contributed by atoms with Crippen LogP contribution in [0.4, 0.5) is 0 Å². The number of para-hydroxylation sites is 1. The molecule has 0 saturated carbocycles. The molecular formula is C43H32N4. The highest BCUT2D eigenvalue weighted by atomic mass is 15.0. The number of aromatic nitrogens is 3. The summed E-state index contributed by atoms with van der Waals surface area (Å²) in [5, 5.41) is 17.1. The Morgan fingerprint density at radius 2 is 0.936 bits per heavy atom. The van der Waals surface area contributed by atoms with E-state index in [1.807, 2.05) is 0 Å². The van der Waals surface area contributed by atoms with Crippen molar-refractivity contribution in [2.24, 2.45) is 0 Å². The van der Waals surface area contributed by atoms with Crippen LogP contribution < -0.4 is 0 Å². The van der Waals surface area contributed by atoms with E-state index in [1.165, 1.54) is 43.8 Å². The van der Waals surface area contributed by atoms with Crippen molar-refractivity contribution in [3.8, 4) is 28.7 Å². The summed E-state index contributed by atoms with van der Waals surface area (Å²) >= 11 is 0. The van der Waals surface area contributed by atoms with Gasteiger partial charge < -0.3 is 14.1 Å². The van der Waals surface area contributed by atoms with E-state index in [2.05, 4.69) is 163 Å². The largest absolute Gasteiger partial charge is 0.355 e. The number of nitriles is 1. The Labute approximate surface area is 272 Å². The monoisotopic (exact) mass is 604 g/mol. The van der Waals surface area contributed by atoms with Gasteiger partial charge in [0.2, 0.25) is 0 Å². The van der Waals surface area contributed by atoms with E-state index in [0.717, 1.165) is 55.6 Å². The minimum atomic E-state index is 0.629. The Morgan fingerprint density at radius 3 is 1.34 bits per heavy atom. The average Bonchev–Trinajstić information content (AvgIpc) is 3.74. The van der Waals surface area contributed by atoms with Crippen LogP contribution in [0.1, 0.15) is 27.8 Å². The maximum atomic E-state index is 11.2. The third kappa shape index (κ3) is 4.07. The van der Waals surface area contributed by atoms with E-state index >= 15 is 0 Å². The molecule has 9 aromatic rings. The van der Waals surface area contributed by atoms with Crippen LogP contribution in [0.5, 0.6) is 0 Å². The van der Waals surface area contributed by atoms with Gasteiger partial charge in [-0.05, 0) is 100 Å². The summed E-state index contributed by atoms with van der Waals surface area (Å²) in [5.41, 5.74) is 14.6. The molecule has 0 fully saturated rings. The number of aromatic amines is 1. The molecule has 0 unspecified atom stereocenters. The molecule has 0 aliphatic heterocycles. The molecule has 1 N–H and O–H groups in total. The molecule has 0 atom stereocenters. The lowest BCUT2D eigenvalue weighted by Crippen LogP contribution is -2.05. The summed E-state index contributed by atoms with van der Waals surface area (Å²) in [6.07, 6.45) is 0. The zero-order chi connectivity index (χ0) is 32.0. The molecule has 0 amide bonds. The Kier molecular flexibility index (Phi) is 5.79. The highest BCUT2D eigenvalue weighted by Crippen LogP contribution is 2.41. The van der Waals surface area contributed by atoms with Crippen LogP contribution in [0.2, 0.25) is 0 Å². The van der Waals surface area contributed by atoms with Crippen LogP contribution in [0.3, 0.4) is 0 Å².